The Hall–Kier alpha value is -2.40. The lowest BCUT2D eigenvalue weighted by molar-refractivity contribution is -0.146. The molecule has 2 rings (SSSR count). The van der Waals surface area contributed by atoms with Gasteiger partial charge in [-0.2, -0.15) is 0 Å². The Kier molecular flexibility index (Phi) is 4.23. The van der Waals surface area contributed by atoms with Gasteiger partial charge < -0.3 is 9.47 Å². The van der Waals surface area contributed by atoms with Gasteiger partial charge in [-0.3, -0.25) is 19.1 Å². The van der Waals surface area contributed by atoms with Crippen LogP contribution in [0.25, 0.3) is 0 Å². The van der Waals surface area contributed by atoms with Gasteiger partial charge in [-0.15, -0.1) is 6.42 Å². The first-order valence-corrected chi connectivity index (χ1v) is 6.17. The van der Waals surface area contributed by atoms with Crippen molar-refractivity contribution in [3.05, 3.63) is 32.6 Å². The standard InChI is InChI=1S/C13H13FN2O5/c1-3-8-5-16(13(19)15-12(8)18)11-4-9(14)10(21-11)6-20-7(2)17/h1,5,9-11H,4,6H2,2H3,(H,15,18,19)/t9-,10+,11+/m0/s1. The number of alkyl halides is 1. The van der Waals surface area contributed by atoms with Crippen LogP contribution in [-0.2, 0) is 14.3 Å². The molecule has 1 aliphatic heterocycles. The molecule has 0 bridgehead atoms. The molecule has 1 aromatic rings. The Bertz CT molecular complexity index is 702. The summed E-state index contributed by atoms with van der Waals surface area (Å²) in [6.07, 6.45) is 2.90. The largest absolute Gasteiger partial charge is 0.463 e. The fourth-order valence-corrected chi connectivity index (χ4v) is 2.01. The average Bonchev–Trinajstić information content (AvgIpc) is 2.77. The van der Waals surface area contributed by atoms with Crippen LogP contribution in [0.2, 0.25) is 0 Å². The smallest absolute Gasteiger partial charge is 0.330 e. The number of H-pyrrole nitrogens is 1. The van der Waals surface area contributed by atoms with Crippen LogP contribution in [0.1, 0.15) is 25.1 Å². The molecule has 0 aromatic carbocycles. The van der Waals surface area contributed by atoms with E-state index in [1.807, 2.05) is 4.98 Å². The minimum atomic E-state index is -1.40. The van der Waals surface area contributed by atoms with Gasteiger partial charge in [0.15, 0.2) is 0 Å². The number of hydrogen-bond acceptors (Lipinski definition) is 5. The topological polar surface area (TPSA) is 90.4 Å². The van der Waals surface area contributed by atoms with Crippen molar-refractivity contribution < 1.29 is 18.7 Å². The zero-order valence-electron chi connectivity index (χ0n) is 11.2. The van der Waals surface area contributed by atoms with E-state index < -0.39 is 35.7 Å². The third-order valence-electron chi connectivity index (χ3n) is 3.05. The lowest BCUT2D eigenvalue weighted by atomic mass is 10.2. The number of ether oxygens (including phenoxy) is 2. The van der Waals surface area contributed by atoms with Crippen LogP contribution in [-0.4, -0.2) is 34.4 Å². The molecule has 0 saturated carbocycles. The van der Waals surface area contributed by atoms with Crippen molar-refractivity contribution >= 4 is 5.97 Å². The number of nitrogens with zero attached hydrogens (tertiary/aromatic N) is 1. The zero-order chi connectivity index (χ0) is 15.6. The monoisotopic (exact) mass is 296 g/mol. The van der Waals surface area contributed by atoms with E-state index in [9.17, 15) is 18.8 Å². The van der Waals surface area contributed by atoms with E-state index in [2.05, 4.69) is 5.92 Å². The molecule has 0 aliphatic carbocycles. The van der Waals surface area contributed by atoms with Crippen LogP contribution in [0.3, 0.4) is 0 Å². The Balaban J connectivity index is 2.21. The second kappa shape index (κ2) is 5.93. The van der Waals surface area contributed by atoms with Crippen LogP contribution in [0.5, 0.6) is 0 Å². The summed E-state index contributed by atoms with van der Waals surface area (Å²) in [5.41, 5.74) is -1.49. The van der Waals surface area contributed by atoms with Crippen LogP contribution < -0.4 is 11.2 Å². The SMILES string of the molecule is C#Cc1cn([C@H]2C[C@H](F)[C@@H](COC(C)=O)O2)c(=O)[nH]c1=O. The molecular formula is C13H13FN2O5. The number of aromatic nitrogens is 2. The summed E-state index contributed by atoms with van der Waals surface area (Å²) < 4.78 is 24.9. The Labute approximate surface area is 118 Å². The highest BCUT2D eigenvalue weighted by molar-refractivity contribution is 5.65. The van der Waals surface area contributed by atoms with E-state index in [0.29, 0.717) is 0 Å². The predicted molar refractivity (Wildman–Crippen MR) is 69.3 cm³/mol. The molecular weight excluding hydrogens is 283 g/mol. The lowest BCUT2D eigenvalue weighted by Gasteiger charge is -2.15. The van der Waals surface area contributed by atoms with E-state index in [1.54, 1.807) is 0 Å². The molecule has 3 atom stereocenters. The summed E-state index contributed by atoms with van der Waals surface area (Å²) in [6, 6.07) is 0. The number of terminal acetylenes is 1. The van der Waals surface area contributed by atoms with Gasteiger partial charge in [0.05, 0.1) is 0 Å². The number of carbonyl (C=O) groups is 1. The van der Waals surface area contributed by atoms with E-state index in [-0.39, 0.29) is 18.6 Å². The highest BCUT2D eigenvalue weighted by Gasteiger charge is 2.37. The number of hydrogen-bond donors (Lipinski definition) is 1. The summed E-state index contributed by atoms with van der Waals surface area (Å²) in [5.74, 6) is 1.58. The number of halogens is 1. The van der Waals surface area contributed by atoms with E-state index >= 15 is 0 Å². The molecule has 1 fully saturated rings. The number of carbonyl (C=O) groups excluding carboxylic acids is 1. The van der Waals surface area contributed by atoms with Crippen molar-refractivity contribution in [3.8, 4) is 12.3 Å². The maximum absolute atomic E-state index is 13.8. The fourth-order valence-electron chi connectivity index (χ4n) is 2.01. The van der Waals surface area contributed by atoms with Crippen molar-refractivity contribution in [2.75, 3.05) is 6.61 Å². The molecule has 0 amide bonds. The minimum Gasteiger partial charge on any atom is -0.463 e. The third-order valence-corrected chi connectivity index (χ3v) is 3.05. The maximum Gasteiger partial charge on any atom is 0.330 e. The van der Waals surface area contributed by atoms with Gasteiger partial charge in [0, 0.05) is 19.5 Å². The van der Waals surface area contributed by atoms with E-state index in [1.165, 1.54) is 6.92 Å². The van der Waals surface area contributed by atoms with Crippen molar-refractivity contribution in [2.24, 2.45) is 0 Å². The number of nitrogens with one attached hydrogen (secondary N) is 1. The average molecular weight is 296 g/mol. The first-order valence-electron chi connectivity index (χ1n) is 6.17. The highest BCUT2D eigenvalue weighted by Crippen LogP contribution is 2.30. The molecule has 21 heavy (non-hydrogen) atoms. The van der Waals surface area contributed by atoms with Crippen LogP contribution in [0.15, 0.2) is 15.8 Å². The lowest BCUT2D eigenvalue weighted by Crippen LogP contribution is -2.33. The Morgan fingerprint density at radius 1 is 1.67 bits per heavy atom. The number of esters is 1. The molecule has 0 radical (unpaired) electrons. The van der Waals surface area contributed by atoms with Crippen molar-refractivity contribution in [3.63, 3.8) is 0 Å². The molecule has 1 aliphatic rings. The van der Waals surface area contributed by atoms with Gasteiger partial charge in [-0.25, -0.2) is 9.18 Å². The van der Waals surface area contributed by atoms with E-state index in [4.69, 9.17) is 15.9 Å². The molecule has 1 N–H and O–H groups in total. The normalized spacial score (nSPS) is 24.5. The molecule has 7 nitrogen and oxygen atoms in total. The van der Waals surface area contributed by atoms with Crippen molar-refractivity contribution in [1.29, 1.82) is 0 Å². The maximum atomic E-state index is 13.8. The molecule has 8 heteroatoms. The fraction of sp³-hybridized carbons (Fsp3) is 0.462. The molecule has 2 heterocycles. The van der Waals surface area contributed by atoms with Crippen LogP contribution in [0.4, 0.5) is 4.39 Å². The Morgan fingerprint density at radius 3 is 3.00 bits per heavy atom. The molecule has 1 aromatic heterocycles. The second-order valence-electron chi connectivity index (χ2n) is 4.54. The van der Waals surface area contributed by atoms with Gasteiger partial charge in [0.25, 0.3) is 5.56 Å². The summed E-state index contributed by atoms with van der Waals surface area (Å²) in [6.45, 7) is 0.957. The predicted octanol–water partition coefficient (Wildman–Crippen LogP) is -0.293. The number of rotatable bonds is 3. The van der Waals surface area contributed by atoms with E-state index in [0.717, 1.165) is 10.8 Å². The second-order valence-corrected chi connectivity index (χ2v) is 4.54. The summed E-state index contributed by atoms with van der Waals surface area (Å²) >= 11 is 0. The van der Waals surface area contributed by atoms with Crippen LogP contribution in [0, 0.1) is 12.3 Å². The van der Waals surface area contributed by atoms with Crippen LogP contribution >= 0.6 is 0 Å². The summed E-state index contributed by atoms with van der Waals surface area (Å²) in [4.78, 5) is 35.8. The Morgan fingerprint density at radius 2 is 2.38 bits per heavy atom. The van der Waals surface area contributed by atoms with Gasteiger partial charge in [-0.05, 0) is 0 Å². The summed E-state index contributed by atoms with van der Waals surface area (Å²) in [7, 11) is 0. The molecule has 112 valence electrons. The minimum absolute atomic E-state index is 0.0583. The van der Waals surface area contributed by atoms with Crippen molar-refractivity contribution in [1.82, 2.24) is 9.55 Å². The summed E-state index contributed by atoms with van der Waals surface area (Å²) in [5, 5.41) is 0. The highest BCUT2D eigenvalue weighted by atomic mass is 19.1. The zero-order valence-corrected chi connectivity index (χ0v) is 11.2. The third kappa shape index (κ3) is 3.20. The van der Waals surface area contributed by atoms with Crippen molar-refractivity contribution in [2.45, 2.75) is 31.8 Å². The molecule has 0 spiro atoms. The quantitative estimate of drug-likeness (QED) is 0.611. The van der Waals surface area contributed by atoms with Gasteiger partial charge in [0.1, 0.15) is 30.7 Å². The number of aromatic amines is 1. The first kappa shape index (κ1) is 15.0. The van der Waals surface area contributed by atoms with Gasteiger partial charge in [-0.1, -0.05) is 5.92 Å². The van der Waals surface area contributed by atoms with Gasteiger partial charge in [0.2, 0.25) is 0 Å². The molecule has 0 unspecified atom stereocenters. The first-order chi connectivity index (χ1) is 9.92. The molecule has 1 saturated heterocycles. The van der Waals surface area contributed by atoms with Gasteiger partial charge >= 0.3 is 11.7 Å².